The van der Waals surface area contributed by atoms with E-state index >= 15 is 0 Å². The third-order valence-corrected chi connectivity index (χ3v) is 15.4. The number of nitrogens with zero attached hydrogens (tertiary/aromatic N) is 1. The van der Waals surface area contributed by atoms with Crippen LogP contribution in [0.2, 0.25) is 0 Å². The van der Waals surface area contributed by atoms with Gasteiger partial charge in [-0.05, 0) is 129 Å². The topological polar surface area (TPSA) is 255 Å². The van der Waals surface area contributed by atoms with Gasteiger partial charge in [-0.3, -0.25) is 24.2 Å². The number of ether oxygens (including phenoxy) is 5. The highest BCUT2D eigenvalue weighted by molar-refractivity contribution is 6.13. The third kappa shape index (κ3) is 17.3. The molecule has 2 unspecified atom stereocenters. The Bertz CT molecular complexity index is 4190. The number of amidine groups is 1. The molecule has 0 fully saturated rings. The van der Waals surface area contributed by atoms with Crippen LogP contribution in [0.15, 0.2) is 164 Å². The van der Waals surface area contributed by atoms with E-state index in [0.29, 0.717) is 65.8 Å². The van der Waals surface area contributed by atoms with Crippen LogP contribution in [-0.4, -0.2) is 113 Å². The number of amides is 4. The number of hydrogen-bond donors (Lipinski definition) is 6. The second-order valence-electron chi connectivity index (χ2n) is 21.7. The van der Waals surface area contributed by atoms with Gasteiger partial charge < -0.3 is 55.8 Å². The first kappa shape index (κ1) is 69.5. The van der Waals surface area contributed by atoms with E-state index in [-0.39, 0.29) is 25.7 Å². The molecule has 8 aromatic rings. The highest BCUT2D eigenvalue weighted by Gasteiger charge is 2.32. The predicted octanol–water partition coefficient (Wildman–Crippen LogP) is 11.1. The van der Waals surface area contributed by atoms with Crippen molar-refractivity contribution in [1.29, 1.82) is 0 Å². The maximum Gasteiger partial charge on any atom is 0.328 e. The van der Waals surface area contributed by atoms with Gasteiger partial charge >= 0.3 is 11.9 Å². The minimum absolute atomic E-state index is 0.00523. The molecule has 0 spiro atoms. The van der Waals surface area contributed by atoms with Crippen LogP contribution in [0.1, 0.15) is 63.7 Å². The Morgan fingerprint density at radius 1 is 0.538 bits per heavy atom. The lowest BCUT2D eigenvalue weighted by molar-refractivity contribution is -0.145. The van der Waals surface area contributed by atoms with Crippen molar-refractivity contribution in [3.8, 4) is 58.1 Å². The maximum absolute atomic E-state index is 14.2. The van der Waals surface area contributed by atoms with Crippen LogP contribution >= 0.6 is 0 Å². The largest absolute Gasteiger partial charge is 0.496 e. The fraction of sp³-hybridized carbons (Fsp3) is 0.267. The number of carbonyl (C=O) groups excluding carboxylic acids is 5. The third-order valence-electron chi connectivity index (χ3n) is 15.4. The number of carbonyl (C=O) groups is 6. The molecular weight excluding hydrogens is 1180 g/mol. The van der Waals surface area contributed by atoms with Crippen LogP contribution in [0, 0.1) is 12.8 Å². The maximum atomic E-state index is 14.2. The smallest absolute Gasteiger partial charge is 0.328 e. The molecular formula is C75H82N6O12. The van der Waals surface area contributed by atoms with Crippen LogP contribution in [0.25, 0.3) is 65.3 Å². The molecule has 0 heterocycles. The molecule has 484 valence electrons. The van der Waals surface area contributed by atoms with Crippen LogP contribution in [0.3, 0.4) is 0 Å². The number of aliphatic carboxylic acids is 1. The summed E-state index contributed by atoms with van der Waals surface area (Å²) in [4.78, 5) is 80.8. The summed E-state index contributed by atoms with van der Waals surface area (Å²) in [6.07, 6.45) is 12.8. The van der Waals surface area contributed by atoms with Gasteiger partial charge in [0, 0.05) is 55.5 Å². The summed E-state index contributed by atoms with van der Waals surface area (Å²) in [5, 5.41) is 28.2. The molecule has 93 heavy (non-hydrogen) atoms. The van der Waals surface area contributed by atoms with Crippen molar-refractivity contribution in [2.24, 2.45) is 10.7 Å². The van der Waals surface area contributed by atoms with Crippen LogP contribution in [-0.2, 0) is 59.2 Å². The molecule has 0 aliphatic rings. The summed E-state index contributed by atoms with van der Waals surface area (Å²) in [5.41, 5.74) is 12.2. The highest BCUT2D eigenvalue weighted by Crippen LogP contribution is 2.50. The average molecular weight is 1260 g/mol. The van der Waals surface area contributed by atoms with Gasteiger partial charge in [0.2, 0.25) is 23.6 Å². The van der Waals surface area contributed by atoms with E-state index < -0.39 is 59.7 Å². The summed E-state index contributed by atoms with van der Waals surface area (Å²) >= 11 is 0. The van der Waals surface area contributed by atoms with E-state index in [1.54, 1.807) is 35.4 Å². The van der Waals surface area contributed by atoms with Crippen molar-refractivity contribution in [2.45, 2.75) is 89.9 Å². The molecule has 0 radical (unpaired) electrons. The lowest BCUT2D eigenvalue weighted by Crippen LogP contribution is -2.56. The quantitative estimate of drug-likeness (QED) is 0.00667. The molecule has 0 saturated heterocycles. The molecule has 0 aliphatic heterocycles. The number of carboxylic acid groups (broad SMARTS) is 1. The Hall–Kier alpha value is -10.9. The molecule has 8 rings (SSSR count). The molecule has 7 N–H and O–H groups in total. The summed E-state index contributed by atoms with van der Waals surface area (Å²) in [7, 11) is 7.65. The standard InChI is InChI=1S/C43H51N5O7.C30H29NO5.C2H2/c1-8-15-30-23-28-17-10-12-19-32(28)37(39(30)53-5)38-33-20-13-11-18-29(33)24-31(40(38)54-6)25-36(46-27(4)49)42(51)47-34(21-14-22-45-26(3)44)41(50)48-35(16-9-2)43(52)55-7;1-5-10-21-15-19-11-6-8-13-23(19)26(28(21)35-3)27-24-14-9-7-12-20(24)16-22(29(27)36-4)17-25(30(33)34)31-18(2)32;1-2/h8-13,17-20,23-24,34-36H,1-2,14-16,21-22,25H2,3-7H3,(H2,44,45)(H,46,49)(H,47,51)(H,48,50);5-9,11-16,25H,1,10,17H2,2-4H3,(H,31,32)(H,33,34);1-2H/t34-,35-,36?;;/m0../s1/i;;1D. The lowest BCUT2D eigenvalue weighted by atomic mass is 9.87. The first-order valence-corrected chi connectivity index (χ1v) is 30.1. The Kier molecular flexibility index (Phi) is 25.7. The van der Waals surface area contributed by atoms with E-state index in [4.69, 9.17) is 30.8 Å². The fourth-order valence-corrected chi connectivity index (χ4v) is 11.6. The van der Waals surface area contributed by atoms with Crippen molar-refractivity contribution < 1.29 is 58.9 Å². The molecule has 4 atom stereocenters. The number of esters is 1. The van der Waals surface area contributed by atoms with Crippen LogP contribution in [0.5, 0.6) is 23.0 Å². The molecule has 4 amide bonds. The summed E-state index contributed by atoms with van der Waals surface area (Å²) in [5.74, 6) is -1.04. The Morgan fingerprint density at radius 3 is 1.23 bits per heavy atom. The number of benzene rings is 8. The van der Waals surface area contributed by atoms with Gasteiger partial charge in [-0.2, -0.15) is 0 Å². The summed E-state index contributed by atoms with van der Waals surface area (Å²) < 4.78 is 34.9. The first-order valence-electron chi connectivity index (χ1n) is 30.6. The summed E-state index contributed by atoms with van der Waals surface area (Å²) in [6.45, 7) is 16.1. The van der Waals surface area contributed by atoms with E-state index in [9.17, 15) is 33.9 Å². The number of terminal acetylenes is 1. The number of methoxy groups -OCH3 is 5. The number of carboxylic acids is 1. The minimum Gasteiger partial charge on any atom is -0.496 e. The molecule has 0 aromatic heterocycles. The number of nitrogens with one attached hydrogen (secondary N) is 4. The van der Waals surface area contributed by atoms with E-state index in [1.165, 1.54) is 33.4 Å². The van der Waals surface area contributed by atoms with Gasteiger partial charge in [0.05, 0.1) is 41.4 Å². The zero-order chi connectivity index (χ0) is 68.6. The zero-order valence-corrected chi connectivity index (χ0v) is 53.9. The molecule has 0 saturated carbocycles. The monoisotopic (exact) mass is 1260 g/mol. The number of fused-ring (bicyclic) bond motifs is 4. The molecule has 0 aliphatic carbocycles. The summed E-state index contributed by atoms with van der Waals surface area (Å²) in [6, 6.07) is 35.6. The molecule has 18 nitrogen and oxygen atoms in total. The van der Waals surface area contributed by atoms with Crippen molar-refractivity contribution in [1.82, 2.24) is 21.3 Å². The minimum atomic E-state index is -1.13. The fourth-order valence-electron chi connectivity index (χ4n) is 11.6. The van der Waals surface area contributed by atoms with Gasteiger partial charge in [0.15, 0.2) is 0 Å². The van der Waals surface area contributed by atoms with Gasteiger partial charge in [-0.25, -0.2) is 9.59 Å². The zero-order valence-electron chi connectivity index (χ0n) is 54.9. The number of allylic oxidation sites excluding steroid dienone is 2. The van der Waals surface area contributed by atoms with Crippen molar-refractivity contribution in [3.63, 3.8) is 0 Å². The molecule has 0 bridgehead atoms. The van der Waals surface area contributed by atoms with Crippen molar-refractivity contribution in [2.75, 3.05) is 42.1 Å². The number of hydrogen-bond acceptors (Lipinski definition) is 12. The SMILES string of the molecule is C=CCc1cc2ccccc2c(-c2c(OC)c(CC(NC(C)=O)C(=O)N[C@@H](CCCN=C(C)N)C(=O)N[C@@H](CC=C)C(=O)OC)cc3ccccc23)c1OC.C=CCc1cc2ccccc2c(-c2c(OC)c(CC(NC(C)=O)C(=O)O)cc3ccccc23)c1OC.[2H]C#C. The average Bonchev–Trinajstić information content (AvgIpc) is 0.747. The van der Waals surface area contributed by atoms with Crippen molar-refractivity contribution >= 4 is 84.5 Å². The predicted molar refractivity (Wildman–Crippen MR) is 370 cm³/mol. The van der Waals surface area contributed by atoms with Crippen molar-refractivity contribution in [3.05, 3.63) is 182 Å². The second-order valence-corrected chi connectivity index (χ2v) is 21.7. The van der Waals surface area contributed by atoms with E-state index in [0.717, 1.165) is 76.5 Å². The van der Waals surface area contributed by atoms with Gasteiger partial charge in [0.1, 0.15) is 48.5 Å². The molecule has 8 aromatic carbocycles. The Balaban J connectivity index is 0.000000309. The van der Waals surface area contributed by atoms with E-state index in [1.807, 2.05) is 115 Å². The second kappa shape index (κ2) is 34.3. The normalized spacial score (nSPS) is 12.3. The number of rotatable bonds is 28. The Labute approximate surface area is 544 Å². The first-order chi connectivity index (χ1) is 45.3. The number of aliphatic imine (C=N–C) groups is 1. The van der Waals surface area contributed by atoms with Crippen LogP contribution in [0.4, 0.5) is 0 Å². The van der Waals surface area contributed by atoms with Crippen LogP contribution < -0.4 is 45.9 Å². The van der Waals surface area contributed by atoms with E-state index in [2.05, 4.69) is 70.6 Å². The van der Waals surface area contributed by atoms with Gasteiger partial charge in [-0.15, -0.1) is 32.6 Å². The number of nitrogens with two attached hydrogens (primary N) is 1. The van der Waals surface area contributed by atoms with Gasteiger partial charge in [0.25, 0.3) is 0 Å². The molecule has 18 heteroatoms. The van der Waals surface area contributed by atoms with Gasteiger partial charge in [-0.1, -0.05) is 115 Å². The highest BCUT2D eigenvalue weighted by atomic mass is 16.5. The Morgan fingerprint density at radius 2 is 0.882 bits per heavy atom. The lowest BCUT2D eigenvalue weighted by Gasteiger charge is -2.26.